The molecule has 0 aromatic heterocycles. The van der Waals surface area contributed by atoms with Gasteiger partial charge in [-0.2, -0.15) is 0 Å². The molecule has 0 aromatic carbocycles. The number of unbranched alkanes of at least 4 members (excludes halogenated alkanes) is 43. The Balaban J connectivity index is 5.12. The van der Waals surface area contributed by atoms with Crippen LogP contribution in [0.25, 0.3) is 0 Å². The highest BCUT2D eigenvalue weighted by atomic mass is 31.2. The van der Waals surface area contributed by atoms with Gasteiger partial charge in [-0.25, -0.2) is 9.13 Å². The zero-order chi connectivity index (χ0) is 71.6. The van der Waals surface area contributed by atoms with E-state index in [1.165, 1.54) is 205 Å². The molecule has 0 aliphatic carbocycles. The smallest absolute Gasteiger partial charge is 0.462 e. The third-order valence-corrected chi connectivity index (χ3v) is 20.4. The second kappa shape index (κ2) is 68.5. The van der Waals surface area contributed by atoms with Crippen LogP contribution in [0, 0.1) is 17.8 Å². The fourth-order valence-corrected chi connectivity index (χ4v) is 13.5. The lowest BCUT2D eigenvalue weighted by Gasteiger charge is -2.21. The minimum Gasteiger partial charge on any atom is -0.462 e. The standard InChI is InChI=1S/C78H152O17P2/c1-8-10-11-42-52-59-75(80)88-65-73(94-78(83)62-55-48-41-35-29-31-37-44-50-57-70(5)6)67-92-96(84,85)90-63-72(79)64-91-97(86,87)93-68-74(66-89-76(81)60-53-46-39-33-27-23-20-16-17-21-25-30-36-43-49-56-69(3)4)95-77(82)61-54-47-40-34-28-24-19-15-13-12-14-18-22-26-32-38-45-51-58-71(7)9-2/h69-74,79H,8-68H2,1-7H3,(H,84,85)(H,86,87)/t71?,72-,73+,74+/m0/s1. The molecule has 0 aliphatic rings. The molecule has 0 radical (unpaired) electrons. The molecule has 6 atom stereocenters. The Bertz CT molecular complexity index is 1890. The molecule has 0 spiro atoms. The normalized spacial score (nSPS) is 14.3. The van der Waals surface area contributed by atoms with E-state index in [2.05, 4.69) is 48.5 Å². The van der Waals surface area contributed by atoms with Crippen molar-refractivity contribution in [1.82, 2.24) is 0 Å². The number of carbonyl (C=O) groups excluding carboxylic acids is 4. The van der Waals surface area contributed by atoms with Crippen LogP contribution < -0.4 is 0 Å². The first-order valence-corrected chi connectivity index (χ1v) is 43.4. The first-order chi connectivity index (χ1) is 46.8. The summed E-state index contributed by atoms with van der Waals surface area (Å²) in [4.78, 5) is 72.6. The van der Waals surface area contributed by atoms with Crippen molar-refractivity contribution >= 4 is 39.5 Å². The number of hydrogen-bond donors (Lipinski definition) is 3. The summed E-state index contributed by atoms with van der Waals surface area (Å²) in [5, 5.41) is 10.6. The van der Waals surface area contributed by atoms with E-state index in [4.69, 9.17) is 37.0 Å². The van der Waals surface area contributed by atoms with E-state index in [-0.39, 0.29) is 25.7 Å². The minimum atomic E-state index is -4.96. The van der Waals surface area contributed by atoms with E-state index >= 15 is 0 Å². The maximum absolute atomic E-state index is 13.1. The predicted octanol–water partition coefficient (Wildman–Crippen LogP) is 23.0. The number of hydrogen-bond acceptors (Lipinski definition) is 15. The molecule has 0 saturated carbocycles. The minimum absolute atomic E-state index is 0.104. The summed E-state index contributed by atoms with van der Waals surface area (Å²) < 4.78 is 68.3. The molecule has 3 unspecified atom stereocenters. The van der Waals surface area contributed by atoms with Crippen molar-refractivity contribution in [3.05, 3.63) is 0 Å². The Kier molecular flexibility index (Phi) is 67.1. The molecule has 0 saturated heterocycles. The lowest BCUT2D eigenvalue weighted by molar-refractivity contribution is -0.161. The third kappa shape index (κ3) is 70.9. The zero-order valence-electron chi connectivity index (χ0n) is 63.5. The van der Waals surface area contributed by atoms with E-state index < -0.39 is 97.5 Å². The number of esters is 4. The van der Waals surface area contributed by atoms with Gasteiger partial charge < -0.3 is 33.8 Å². The second-order valence-corrected chi connectivity index (χ2v) is 32.2. The number of rotatable bonds is 76. The Labute approximate surface area is 594 Å². The van der Waals surface area contributed by atoms with Gasteiger partial charge in [-0.15, -0.1) is 0 Å². The van der Waals surface area contributed by atoms with E-state index in [0.29, 0.717) is 25.7 Å². The summed E-state index contributed by atoms with van der Waals surface area (Å²) in [6.07, 6.45) is 56.0. The van der Waals surface area contributed by atoms with Gasteiger partial charge in [0.2, 0.25) is 0 Å². The van der Waals surface area contributed by atoms with Crippen LogP contribution in [0.3, 0.4) is 0 Å². The highest BCUT2D eigenvalue weighted by molar-refractivity contribution is 7.47. The van der Waals surface area contributed by atoms with E-state index in [0.717, 1.165) is 114 Å². The van der Waals surface area contributed by atoms with Crippen molar-refractivity contribution in [2.45, 2.75) is 420 Å². The van der Waals surface area contributed by atoms with Gasteiger partial charge in [-0.05, 0) is 43.4 Å². The average Bonchev–Trinajstić information content (AvgIpc) is 1.60. The number of phosphoric acid groups is 2. The molecule has 0 heterocycles. The summed E-state index contributed by atoms with van der Waals surface area (Å²) >= 11 is 0. The molecule has 0 bridgehead atoms. The summed E-state index contributed by atoms with van der Waals surface area (Å²) in [6.45, 7) is 11.9. The SMILES string of the molecule is CCCCCCCC(=O)OC[C@H](COP(=O)(O)OC[C@H](O)COP(=O)(O)OC[C@@H](COC(=O)CCCCCCCCCCCCCCCCCC(C)C)OC(=O)CCCCCCCCCCCCCCCCCCCCC(C)CC)OC(=O)CCCCCCCCCCCC(C)C. The molecule has 0 aliphatic heterocycles. The molecule has 19 heteroatoms. The van der Waals surface area contributed by atoms with Gasteiger partial charge in [0.1, 0.15) is 19.3 Å². The maximum Gasteiger partial charge on any atom is 0.472 e. The summed E-state index contributed by atoms with van der Waals surface area (Å²) in [7, 11) is -9.90. The van der Waals surface area contributed by atoms with E-state index in [1.54, 1.807) is 0 Å². The predicted molar refractivity (Wildman–Crippen MR) is 395 cm³/mol. The van der Waals surface area contributed by atoms with Crippen molar-refractivity contribution in [1.29, 1.82) is 0 Å². The Morgan fingerprint density at radius 3 is 0.784 bits per heavy atom. The van der Waals surface area contributed by atoms with Gasteiger partial charge in [-0.3, -0.25) is 37.3 Å². The van der Waals surface area contributed by atoms with E-state index in [1.807, 2.05) is 0 Å². The lowest BCUT2D eigenvalue weighted by Crippen LogP contribution is -2.30. The van der Waals surface area contributed by atoms with Gasteiger partial charge in [0, 0.05) is 25.7 Å². The fourth-order valence-electron chi connectivity index (χ4n) is 11.9. The number of aliphatic hydroxyl groups excluding tert-OH is 1. The molecule has 17 nitrogen and oxygen atoms in total. The van der Waals surface area contributed by atoms with Crippen molar-refractivity contribution in [2.24, 2.45) is 17.8 Å². The monoisotopic (exact) mass is 1420 g/mol. The van der Waals surface area contributed by atoms with Gasteiger partial charge in [0.25, 0.3) is 0 Å². The van der Waals surface area contributed by atoms with Crippen LogP contribution in [-0.4, -0.2) is 96.7 Å². The topological polar surface area (TPSA) is 237 Å². The largest absolute Gasteiger partial charge is 0.472 e. The maximum atomic E-state index is 13.1. The number of carbonyl (C=O) groups is 4. The Morgan fingerprint density at radius 2 is 0.526 bits per heavy atom. The van der Waals surface area contributed by atoms with Crippen molar-refractivity contribution < 1.29 is 80.2 Å². The quantitative estimate of drug-likeness (QED) is 0.0222. The van der Waals surface area contributed by atoms with Crippen LogP contribution in [0.5, 0.6) is 0 Å². The molecular weight excluding hydrogens is 1270 g/mol. The van der Waals surface area contributed by atoms with Crippen LogP contribution >= 0.6 is 15.6 Å². The summed E-state index contributed by atoms with van der Waals surface area (Å²) in [6, 6.07) is 0. The lowest BCUT2D eigenvalue weighted by atomic mass is 9.99. The summed E-state index contributed by atoms with van der Waals surface area (Å²) in [5.74, 6) is 0.286. The third-order valence-electron chi connectivity index (χ3n) is 18.5. The van der Waals surface area contributed by atoms with Crippen molar-refractivity contribution in [2.75, 3.05) is 39.6 Å². The van der Waals surface area contributed by atoms with Crippen LogP contribution in [0.1, 0.15) is 402 Å². The van der Waals surface area contributed by atoms with Gasteiger partial charge in [0.15, 0.2) is 12.2 Å². The molecule has 0 aromatic rings. The molecular formula is C78H152O17P2. The Hall–Kier alpha value is -1.94. The average molecular weight is 1420 g/mol. The zero-order valence-corrected chi connectivity index (χ0v) is 65.3. The first-order valence-electron chi connectivity index (χ1n) is 40.4. The highest BCUT2D eigenvalue weighted by Crippen LogP contribution is 2.45. The molecule has 97 heavy (non-hydrogen) atoms. The number of ether oxygens (including phenoxy) is 4. The molecule has 3 N–H and O–H groups in total. The number of phosphoric ester groups is 2. The van der Waals surface area contributed by atoms with Gasteiger partial charge in [0.05, 0.1) is 26.4 Å². The van der Waals surface area contributed by atoms with Crippen molar-refractivity contribution in [3.63, 3.8) is 0 Å². The molecule has 0 rings (SSSR count). The van der Waals surface area contributed by atoms with Gasteiger partial charge in [-0.1, -0.05) is 350 Å². The first kappa shape index (κ1) is 95.1. The molecule has 576 valence electrons. The summed E-state index contributed by atoms with van der Waals surface area (Å²) in [5.41, 5.74) is 0. The molecule has 0 fully saturated rings. The van der Waals surface area contributed by atoms with Crippen LogP contribution in [0.15, 0.2) is 0 Å². The van der Waals surface area contributed by atoms with Crippen LogP contribution in [0.4, 0.5) is 0 Å². The highest BCUT2D eigenvalue weighted by Gasteiger charge is 2.30. The van der Waals surface area contributed by atoms with Crippen LogP contribution in [0.2, 0.25) is 0 Å². The molecule has 0 amide bonds. The van der Waals surface area contributed by atoms with Crippen molar-refractivity contribution in [3.8, 4) is 0 Å². The second-order valence-electron chi connectivity index (χ2n) is 29.3. The van der Waals surface area contributed by atoms with Gasteiger partial charge >= 0.3 is 39.5 Å². The van der Waals surface area contributed by atoms with Crippen LogP contribution in [-0.2, 0) is 65.4 Å². The number of aliphatic hydroxyl groups is 1. The van der Waals surface area contributed by atoms with E-state index in [9.17, 15) is 43.2 Å². The Morgan fingerprint density at radius 1 is 0.299 bits per heavy atom. The fraction of sp³-hybridized carbons (Fsp3) is 0.949.